The minimum absolute atomic E-state index is 0.230. The number of amides is 2. The van der Waals surface area contributed by atoms with Crippen LogP contribution in [0.25, 0.3) is 0 Å². The Bertz CT molecular complexity index is 863. The van der Waals surface area contributed by atoms with Crippen molar-refractivity contribution in [3.05, 3.63) is 57.6 Å². The molecule has 0 radical (unpaired) electrons. The molecule has 2 aromatic carbocycles. The maximum absolute atomic E-state index is 12.2. The van der Waals surface area contributed by atoms with E-state index in [1.54, 1.807) is 6.92 Å². The molecule has 6 nitrogen and oxygen atoms in total. The molecule has 0 aromatic heterocycles. The van der Waals surface area contributed by atoms with Gasteiger partial charge in [-0.25, -0.2) is 0 Å². The summed E-state index contributed by atoms with van der Waals surface area (Å²) in [5, 5.41) is 0. The summed E-state index contributed by atoms with van der Waals surface area (Å²) in [6, 6.07) is 11.5. The number of nitrogens with one attached hydrogen (secondary N) is 2. The number of halogens is 1. The third-order valence-electron chi connectivity index (χ3n) is 4.38. The van der Waals surface area contributed by atoms with Crippen LogP contribution >= 0.6 is 15.9 Å². The Kier molecular flexibility index (Phi) is 8.08. The Morgan fingerprint density at radius 2 is 1.69 bits per heavy atom. The first kappa shape index (κ1) is 22.7. The van der Waals surface area contributed by atoms with Gasteiger partial charge in [-0.3, -0.25) is 20.4 Å². The second-order valence-corrected chi connectivity index (χ2v) is 8.01. The second kappa shape index (κ2) is 10.3. The lowest BCUT2D eigenvalue weighted by Crippen LogP contribution is -2.48. The van der Waals surface area contributed by atoms with Crippen LogP contribution < -0.4 is 20.3 Å². The van der Waals surface area contributed by atoms with E-state index in [0.29, 0.717) is 17.4 Å². The molecule has 0 aliphatic heterocycles. The lowest BCUT2D eigenvalue weighted by Gasteiger charge is -2.18. The number of benzene rings is 2. The van der Waals surface area contributed by atoms with E-state index in [0.717, 1.165) is 15.6 Å². The number of ether oxygens (including phenoxy) is 2. The molecule has 156 valence electrons. The van der Waals surface area contributed by atoms with Crippen LogP contribution in [0.4, 0.5) is 0 Å². The average molecular weight is 463 g/mol. The molecule has 0 aliphatic carbocycles. The Labute approximate surface area is 180 Å². The smallest absolute Gasteiger partial charge is 0.279 e. The second-order valence-electron chi connectivity index (χ2n) is 7.15. The normalized spacial score (nSPS) is 11.7. The highest BCUT2D eigenvalue weighted by Gasteiger charge is 2.17. The fraction of sp³-hybridized carbons (Fsp3) is 0.364. The zero-order valence-corrected chi connectivity index (χ0v) is 18.9. The Hall–Kier alpha value is -2.54. The van der Waals surface area contributed by atoms with E-state index in [4.69, 9.17) is 9.47 Å². The van der Waals surface area contributed by atoms with Crippen LogP contribution in [0.5, 0.6) is 11.5 Å². The number of carbonyl (C=O) groups excluding carboxylic acids is 2. The van der Waals surface area contributed by atoms with E-state index in [1.165, 1.54) is 5.56 Å². The maximum atomic E-state index is 12.2. The Morgan fingerprint density at radius 1 is 1.03 bits per heavy atom. The van der Waals surface area contributed by atoms with Gasteiger partial charge in [0.1, 0.15) is 11.5 Å². The molecule has 0 fully saturated rings. The quantitative estimate of drug-likeness (QED) is 0.604. The van der Waals surface area contributed by atoms with E-state index < -0.39 is 17.9 Å². The number of hydrazine groups is 1. The molecular formula is C22H27BrN2O4. The van der Waals surface area contributed by atoms with Gasteiger partial charge in [-0.1, -0.05) is 38.1 Å². The van der Waals surface area contributed by atoms with E-state index in [2.05, 4.69) is 40.6 Å². The van der Waals surface area contributed by atoms with Gasteiger partial charge in [0.15, 0.2) is 12.7 Å². The van der Waals surface area contributed by atoms with Crippen LogP contribution in [-0.4, -0.2) is 24.5 Å². The third-order valence-corrected chi connectivity index (χ3v) is 5.00. The highest BCUT2D eigenvalue weighted by Crippen LogP contribution is 2.28. The van der Waals surface area contributed by atoms with Crippen molar-refractivity contribution >= 4 is 27.7 Å². The molecule has 0 bridgehead atoms. The first-order chi connectivity index (χ1) is 13.7. The predicted molar refractivity (Wildman–Crippen MR) is 116 cm³/mol. The molecule has 2 N–H and O–H groups in total. The number of para-hydroxylation sites is 1. The molecule has 0 saturated heterocycles. The summed E-state index contributed by atoms with van der Waals surface area (Å²) < 4.78 is 12.0. The van der Waals surface area contributed by atoms with Gasteiger partial charge < -0.3 is 9.47 Å². The molecule has 0 aliphatic rings. The van der Waals surface area contributed by atoms with E-state index in [1.807, 2.05) is 50.2 Å². The summed E-state index contributed by atoms with van der Waals surface area (Å²) in [6.07, 6.45) is -0.770. The molecule has 2 rings (SSSR count). The van der Waals surface area contributed by atoms with Gasteiger partial charge in [-0.05, 0) is 71.4 Å². The van der Waals surface area contributed by atoms with Gasteiger partial charge >= 0.3 is 0 Å². The summed E-state index contributed by atoms with van der Waals surface area (Å²) in [6.45, 7) is 9.42. The van der Waals surface area contributed by atoms with Crippen molar-refractivity contribution in [1.29, 1.82) is 0 Å². The van der Waals surface area contributed by atoms with E-state index in [9.17, 15) is 9.59 Å². The standard InChI is InChI=1S/C22H27BrN2O4/c1-13(2)17-9-10-19(18(23)11-17)28-12-20(26)24-25-22(27)16(5)29-21-14(3)7-6-8-15(21)4/h6-11,13,16H,12H2,1-5H3,(H,24,26)(H,25,27). The minimum atomic E-state index is -0.770. The van der Waals surface area contributed by atoms with Crippen LogP contribution in [0, 0.1) is 13.8 Å². The highest BCUT2D eigenvalue weighted by atomic mass is 79.9. The Balaban J connectivity index is 1.82. The van der Waals surface area contributed by atoms with Crippen molar-refractivity contribution in [3.8, 4) is 11.5 Å². The van der Waals surface area contributed by atoms with Gasteiger partial charge in [-0.15, -0.1) is 0 Å². The number of carbonyl (C=O) groups is 2. The van der Waals surface area contributed by atoms with Crippen molar-refractivity contribution in [1.82, 2.24) is 10.9 Å². The fourth-order valence-electron chi connectivity index (χ4n) is 2.62. The SMILES string of the molecule is Cc1cccc(C)c1OC(C)C(=O)NNC(=O)COc1ccc(C(C)C)cc1Br. The first-order valence-corrected chi connectivity index (χ1v) is 10.2. The average Bonchev–Trinajstić information content (AvgIpc) is 2.67. The molecule has 29 heavy (non-hydrogen) atoms. The molecule has 0 heterocycles. The molecule has 2 amide bonds. The third kappa shape index (κ3) is 6.49. The maximum Gasteiger partial charge on any atom is 0.279 e. The van der Waals surface area contributed by atoms with Crippen LogP contribution in [0.2, 0.25) is 0 Å². The number of hydrogen-bond acceptors (Lipinski definition) is 4. The zero-order valence-electron chi connectivity index (χ0n) is 17.3. The molecule has 0 saturated carbocycles. The molecule has 0 spiro atoms. The van der Waals surface area contributed by atoms with Gasteiger partial charge in [0.25, 0.3) is 11.8 Å². The van der Waals surface area contributed by atoms with Gasteiger partial charge in [0, 0.05) is 0 Å². The van der Waals surface area contributed by atoms with Crippen molar-refractivity contribution in [2.75, 3.05) is 6.61 Å². The monoisotopic (exact) mass is 462 g/mol. The summed E-state index contributed by atoms with van der Waals surface area (Å²) in [5.74, 6) is 0.689. The molecule has 7 heteroatoms. The Morgan fingerprint density at radius 3 is 2.28 bits per heavy atom. The number of rotatable bonds is 7. The van der Waals surface area contributed by atoms with E-state index >= 15 is 0 Å². The van der Waals surface area contributed by atoms with Crippen molar-refractivity contribution in [2.24, 2.45) is 0 Å². The first-order valence-electron chi connectivity index (χ1n) is 9.42. The molecular weight excluding hydrogens is 436 g/mol. The lowest BCUT2D eigenvalue weighted by atomic mass is 10.0. The molecule has 1 unspecified atom stereocenters. The summed E-state index contributed by atoms with van der Waals surface area (Å²) in [4.78, 5) is 24.2. The van der Waals surface area contributed by atoms with Crippen LogP contribution in [0.1, 0.15) is 43.4 Å². The van der Waals surface area contributed by atoms with Crippen LogP contribution in [-0.2, 0) is 9.59 Å². The number of hydrogen-bond donors (Lipinski definition) is 2. The van der Waals surface area contributed by atoms with Crippen LogP contribution in [0.15, 0.2) is 40.9 Å². The highest BCUT2D eigenvalue weighted by molar-refractivity contribution is 9.10. The summed E-state index contributed by atoms with van der Waals surface area (Å²) >= 11 is 3.45. The molecule has 1 atom stereocenters. The molecule has 2 aromatic rings. The topological polar surface area (TPSA) is 76.7 Å². The van der Waals surface area contributed by atoms with Crippen LogP contribution in [0.3, 0.4) is 0 Å². The van der Waals surface area contributed by atoms with Gasteiger partial charge in [-0.2, -0.15) is 0 Å². The lowest BCUT2D eigenvalue weighted by molar-refractivity contribution is -0.133. The van der Waals surface area contributed by atoms with Crippen molar-refractivity contribution in [3.63, 3.8) is 0 Å². The summed E-state index contributed by atoms with van der Waals surface area (Å²) in [7, 11) is 0. The number of aryl methyl sites for hydroxylation is 2. The van der Waals surface area contributed by atoms with Gasteiger partial charge in [0.05, 0.1) is 4.47 Å². The predicted octanol–water partition coefficient (Wildman–Crippen LogP) is 4.18. The fourth-order valence-corrected chi connectivity index (χ4v) is 3.13. The van der Waals surface area contributed by atoms with Gasteiger partial charge in [0.2, 0.25) is 0 Å². The minimum Gasteiger partial charge on any atom is -0.483 e. The largest absolute Gasteiger partial charge is 0.483 e. The van der Waals surface area contributed by atoms with Crippen molar-refractivity contribution < 1.29 is 19.1 Å². The van der Waals surface area contributed by atoms with Crippen molar-refractivity contribution in [2.45, 2.75) is 46.6 Å². The van der Waals surface area contributed by atoms with E-state index in [-0.39, 0.29) is 6.61 Å². The zero-order chi connectivity index (χ0) is 21.6. The summed E-state index contributed by atoms with van der Waals surface area (Å²) in [5.41, 5.74) is 7.75.